The predicted molar refractivity (Wildman–Crippen MR) is 62.0 cm³/mol. The average Bonchev–Trinajstić information content (AvgIpc) is 2.30. The van der Waals surface area contributed by atoms with Crippen LogP contribution in [0.2, 0.25) is 0 Å². The molecule has 0 aliphatic rings. The molecule has 1 heterocycles. The van der Waals surface area contributed by atoms with Gasteiger partial charge in [-0.2, -0.15) is 0 Å². The lowest BCUT2D eigenvalue weighted by Gasteiger charge is -2.03. The molecule has 0 saturated heterocycles. The maximum atomic E-state index is 11.9. The van der Waals surface area contributed by atoms with Gasteiger partial charge in [0.25, 0.3) is 0 Å². The lowest BCUT2D eigenvalue weighted by Crippen LogP contribution is -2.05. The number of ketones is 1. The monoisotopic (exact) mass is 229 g/mol. The number of Topliss-reactive ketones (excluding diaryl/α,β-unsaturated/α-hetero) is 1. The smallest absolute Gasteiger partial charge is 0.172 e. The number of carbonyl (C=O) groups excluding carboxylic acids is 1. The third kappa shape index (κ3) is 2.60. The van der Waals surface area contributed by atoms with E-state index in [9.17, 15) is 9.90 Å². The van der Waals surface area contributed by atoms with Gasteiger partial charge in [0, 0.05) is 18.0 Å². The molecule has 0 radical (unpaired) electrons. The minimum absolute atomic E-state index is 0.0723. The standard InChI is InChI=1S/C13H11NO3/c15-10-4-5-11(13(17)8-10)12(16)7-9-3-1-2-6-14-9/h1-6,8,15,17H,7H2. The summed E-state index contributed by atoms with van der Waals surface area (Å²) in [5.74, 6) is -0.524. The number of hydrogen-bond donors (Lipinski definition) is 2. The van der Waals surface area contributed by atoms with Crippen LogP contribution in [0.3, 0.4) is 0 Å². The molecule has 0 fully saturated rings. The summed E-state index contributed by atoms with van der Waals surface area (Å²) in [6.45, 7) is 0. The van der Waals surface area contributed by atoms with Gasteiger partial charge in [-0.1, -0.05) is 6.07 Å². The molecule has 0 amide bonds. The number of phenols is 2. The van der Waals surface area contributed by atoms with Gasteiger partial charge in [0.15, 0.2) is 5.78 Å². The first kappa shape index (κ1) is 11.1. The molecule has 0 spiro atoms. The van der Waals surface area contributed by atoms with E-state index in [0.717, 1.165) is 6.07 Å². The Bertz CT molecular complexity index is 538. The van der Waals surface area contributed by atoms with Crippen LogP contribution in [0.5, 0.6) is 11.5 Å². The van der Waals surface area contributed by atoms with Gasteiger partial charge in [-0.15, -0.1) is 0 Å². The molecule has 1 aromatic carbocycles. The summed E-state index contributed by atoms with van der Waals surface area (Å²) in [6, 6.07) is 9.22. The van der Waals surface area contributed by atoms with E-state index in [1.54, 1.807) is 24.4 Å². The van der Waals surface area contributed by atoms with Crippen molar-refractivity contribution in [3.63, 3.8) is 0 Å². The average molecular weight is 229 g/mol. The second-order valence-electron chi connectivity index (χ2n) is 3.62. The Morgan fingerprint density at radius 2 is 2.00 bits per heavy atom. The van der Waals surface area contributed by atoms with Gasteiger partial charge in [-0.3, -0.25) is 9.78 Å². The van der Waals surface area contributed by atoms with Crippen LogP contribution in [0, 0.1) is 0 Å². The van der Waals surface area contributed by atoms with Gasteiger partial charge < -0.3 is 10.2 Å². The van der Waals surface area contributed by atoms with Crippen molar-refractivity contribution in [3.05, 3.63) is 53.9 Å². The molecule has 17 heavy (non-hydrogen) atoms. The van der Waals surface area contributed by atoms with Crippen LogP contribution in [-0.2, 0) is 6.42 Å². The lowest BCUT2D eigenvalue weighted by molar-refractivity contribution is 0.0989. The van der Waals surface area contributed by atoms with E-state index in [1.807, 2.05) is 0 Å². The van der Waals surface area contributed by atoms with Gasteiger partial charge >= 0.3 is 0 Å². The van der Waals surface area contributed by atoms with Crippen molar-refractivity contribution < 1.29 is 15.0 Å². The number of carbonyl (C=O) groups is 1. The SMILES string of the molecule is O=C(Cc1ccccn1)c1ccc(O)cc1O. The zero-order chi connectivity index (χ0) is 12.3. The maximum Gasteiger partial charge on any atom is 0.172 e. The zero-order valence-corrected chi connectivity index (χ0v) is 9.00. The molecule has 0 aliphatic carbocycles. The van der Waals surface area contributed by atoms with Crippen molar-refractivity contribution in [2.45, 2.75) is 6.42 Å². The van der Waals surface area contributed by atoms with E-state index in [4.69, 9.17) is 5.11 Å². The van der Waals surface area contributed by atoms with Crippen molar-refractivity contribution >= 4 is 5.78 Å². The number of benzene rings is 1. The second-order valence-corrected chi connectivity index (χ2v) is 3.62. The molecule has 0 saturated carbocycles. The summed E-state index contributed by atoms with van der Waals surface area (Å²) in [6.07, 6.45) is 1.73. The molecule has 2 N–H and O–H groups in total. The molecular weight excluding hydrogens is 218 g/mol. The first-order valence-electron chi connectivity index (χ1n) is 5.12. The largest absolute Gasteiger partial charge is 0.508 e. The van der Waals surface area contributed by atoms with Crippen LogP contribution in [0.1, 0.15) is 16.1 Å². The molecule has 1 aromatic heterocycles. The predicted octanol–water partition coefficient (Wildman–Crippen LogP) is 1.92. The Kier molecular flexibility index (Phi) is 3.05. The van der Waals surface area contributed by atoms with Crippen LogP contribution >= 0.6 is 0 Å². The summed E-state index contributed by atoms with van der Waals surface area (Å²) in [7, 11) is 0. The maximum absolute atomic E-state index is 11.9. The van der Waals surface area contributed by atoms with Crippen LogP contribution in [0.4, 0.5) is 0 Å². The van der Waals surface area contributed by atoms with Gasteiger partial charge in [-0.25, -0.2) is 0 Å². The van der Waals surface area contributed by atoms with Gasteiger partial charge in [0.1, 0.15) is 11.5 Å². The molecule has 0 atom stereocenters. The van der Waals surface area contributed by atoms with E-state index in [1.165, 1.54) is 12.1 Å². The number of pyridine rings is 1. The summed E-state index contributed by atoms with van der Waals surface area (Å²) in [5, 5.41) is 18.7. The molecular formula is C13H11NO3. The van der Waals surface area contributed by atoms with Crippen molar-refractivity contribution in [1.82, 2.24) is 4.98 Å². The van der Waals surface area contributed by atoms with Crippen molar-refractivity contribution in [3.8, 4) is 11.5 Å². The molecule has 2 rings (SSSR count). The lowest BCUT2D eigenvalue weighted by atomic mass is 10.1. The third-order valence-electron chi connectivity index (χ3n) is 2.35. The summed E-state index contributed by atoms with van der Waals surface area (Å²) in [5.41, 5.74) is 0.832. The minimum Gasteiger partial charge on any atom is -0.508 e. The van der Waals surface area contributed by atoms with Crippen LogP contribution < -0.4 is 0 Å². The highest BCUT2D eigenvalue weighted by molar-refractivity contribution is 5.99. The fourth-order valence-electron chi connectivity index (χ4n) is 1.52. The fraction of sp³-hybridized carbons (Fsp3) is 0.0769. The highest BCUT2D eigenvalue weighted by Crippen LogP contribution is 2.23. The Labute approximate surface area is 98.2 Å². The number of aromatic nitrogens is 1. The van der Waals surface area contributed by atoms with Crippen molar-refractivity contribution in [2.24, 2.45) is 0 Å². The Morgan fingerprint density at radius 3 is 2.65 bits per heavy atom. The first-order chi connectivity index (χ1) is 8.16. The Balaban J connectivity index is 2.21. The number of hydrogen-bond acceptors (Lipinski definition) is 4. The highest BCUT2D eigenvalue weighted by atomic mass is 16.3. The molecule has 4 nitrogen and oxygen atoms in total. The van der Waals surface area contributed by atoms with E-state index in [-0.39, 0.29) is 29.3 Å². The summed E-state index contributed by atoms with van der Waals surface area (Å²) >= 11 is 0. The summed E-state index contributed by atoms with van der Waals surface area (Å²) in [4.78, 5) is 15.9. The highest BCUT2D eigenvalue weighted by Gasteiger charge is 2.12. The zero-order valence-electron chi connectivity index (χ0n) is 9.00. The molecule has 0 bridgehead atoms. The second kappa shape index (κ2) is 4.65. The van der Waals surface area contributed by atoms with Gasteiger partial charge in [0.2, 0.25) is 0 Å². The topological polar surface area (TPSA) is 70.4 Å². The van der Waals surface area contributed by atoms with Crippen LogP contribution in [-0.4, -0.2) is 21.0 Å². The molecule has 86 valence electrons. The van der Waals surface area contributed by atoms with E-state index >= 15 is 0 Å². The van der Waals surface area contributed by atoms with Crippen molar-refractivity contribution in [2.75, 3.05) is 0 Å². The Morgan fingerprint density at radius 1 is 1.18 bits per heavy atom. The molecule has 2 aromatic rings. The van der Waals surface area contributed by atoms with E-state index in [0.29, 0.717) is 5.69 Å². The minimum atomic E-state index is -0.235. The van der Waals surface area contributed by atoms with Crippen LogP contribution in [0.25, 0.3) is 0 Å². The number of aromatic hydroxyl groups is 2. The normalized spacial score (nSPS) is 10.1. The number of rotatable bonds is 3. The quantitative estimate of drug-likeness (QED) is 0.789. The first-order valence-corrected chi connectivity index (χ1v) is 5.12. The number of nitrogens with zero attached hydrogens (tertiary/aromatic N) is 1. The Hall–Kier alpha value is -2.36. The number of phenolic OH excluding ortho intramolecular Hbond substituents is 2. The van der Waals surface area contributed by atoms with Gasteiger partial charge in [-0.05, 0) is 24.3 Å². The third-order valence-corrected chi connectivity index (χ3v) is 2.35. The molecule has 4 heteroatoms. The van der Waals surface area contributed by atoms with E-state index in [2.05, 4.69) is 4.98 Å². The fourth-order valence-corrected chi connectivity index (χ4v) is 1.52. The van der Waals surface area contributed by atoms with Crippen molar-refractivity contribution in [1.29, 1.82) is 0 Å². The van der Waals surface area contributed by atoms with Gasteiger partial charge in [0.05, 0.1) is 12.0 Å². The van der Waals surface area contributed by atoms with E-state index < -0.39 is 0 Å². The van der Waals surface area contributed by atoms with Crippen LogP contribution in [0.15, 0.2) is 42.6 Å². The molecule has 0 aliphatic heterocycles. The molecule has 0 unspecified atom stereocenters. The summed E-state index contributed by atoms with van der Waals surface area (Å²) < 4.78 is 0.